The van der Waals surface area contributed by atoms with Crippen molar-refractivity contribution in [3.05, 3.63) is 72.3 Å². The highest BCUT2D eigenvalue weighted by Crippen LogP contribution is 2.11. The minimum absolute atomic E-state index is 0.961. The summed E-state index contributed by atoms with van der Waals surface area (Å²) in [4.78, 5) is 8.78. The third-order valence-electron chi connectivity index (χ3n) is 3.01. The highest BCUT2D eigenvalue weighted by atomic mass is 19.4. The van der Waals surface area contributed by atoms with Crippen molar-refractivity contribution in [2.45, 2.75) is 13.1 Å². The van der Waals surface area contributed by atoms with E-state index in [-0.39, 0.29) is 0 Å². The molecule has 0 N–H and O–H groups in total. The number of hydrogen-bond acceptors (Lipinski definition) is 2. The lowest BCUT2D eigenvalue weighted by molar-refractivity contribution is -0.430. The first-order chi connectivity index (χ1) is 11.8. The van der Waals surface area contributed by atoms with Crippen LogP contribution >= 0.6 is 0 Å². The zero-order valence-corrected chi connectivity index (χ0v) is 13.6. The Hall–Kier alpha value is -2.89. The molecule has 3 nitrogen and oxygen atoms in total. The highest BCUT2D eigenvalue weighted by Gasteiger charge is 2.28. The molecule has 132 valence electrons. The summed E-state index contributed by atoms with van der Waals surface area (Å²) in [6.07, 6.45) is 1.12. The van der Waals surface area contributed by atoms with Crippen LogP contribution in [0.25, 0.3) is 6.08 Å². The number of hydrogen-bond donors (Lipinski definition) is 0. The molecule has 0 aliphatic carbocycles. The van der Waals surface area contributed by atoms with Crippen LogP contribution in [0.4, 0.5) is 18.9 Å². The number of para-hydroxylation sites is 1. The van der Waals surface area contributed by atoms with Gasteiger partial charge in [-0.3, -0.25) is 0 Å². The lowest BCUT2D eigenvalue weighted by Gasteiger charge is -2.03. The van der Waals surface area contributed by atoms with Crippen molar-refractivity contribution in [1.82, 2.24) is 0 Å². The summed E-state index contributed by atoms with van der Waals surface area (Å²) in [6, 6.07) is 20.7. The fraction of sp³-hybridized carbons (Fsp3) is 0.158. The second-order valence-corrected chi connectivity index (χ2v) is 4.83. The first kappa shape index (κ1) is 20.2. The Morgan fingerprint density at radius 3 is 1.96 bits per heavy atom. The maximum Gasteiger partial charge on any atom is 0.430 e. The number of carboxylic acid groups (broad SMARTS) is 1. The van der Waals surface area contributed by atoms with Gasteiger partial charge in [0.25, 0.3) is 0 Å². The van der Waals surface area contributed by atoms with Gasteiger partial charge in [-0.2, -0.15) is 17.7 Å². The summed E-state index contributed by atoms with van der Waals surface area (Å²) in [5, 5.41) is 8.78. The molecule has 6 heteroatoms. The summed E-state index contributed by atoms with van der Waals surface area (Å²) in [5.41, 5.74) is 2.44. The van der Waals surface area contributed by atoms with Crippen molar-refractivity contribution < 1.29 is 27.6 Å². The lowest BCUT2D eigenvalue weighted by atomic mass is 10.2. The van der Waals surface area contributed by atoms with Gasteiger partial charge in [0, 0.05) is 18.2 Å². The molecule has 0 unspecified atom stereocenters. The number of rotatable bonds is 4. The van der Waals surface area contributed by atoms with Crippen molar-refractivity contribution in [1.29, 1.82) is 0 Å². The Kier molecular flexibility index (Phi) is 8.12. The van der Waals surface area contributed by atoms with E-state index in [9.17, 15) is 13.2 Å². The first-order valence-electron chi connectivity index (χ1n) is 7.51. The number of carboxylic acids is 1. The molecular formula is C19H18F3NO2. The van der Waals surface area contributed by atoms with Gasteiger partial charge in [-0.1, -0.05) is 48.5 Å². The van der Waals surface area contributed by atoms with Crippen LogP contribution in [0.3, 0.4) is 0 Å². The lowest BCUT2D eigenvalue weighted by Crippen LogP contribution is -2.37. The number of carbonyl (C=O) groups is 1. The second-order valence-electron chi connectivity index (χ2n) is 4.83. The molecule has 0 spiro atoms. The van der Waals surface area contributed by atoms with E-state index in [0.29, 0.717) is 0 Å². The van der Waals surface area contributed by atoms with Gasteiger partial charge in [-0.25, -0.2) is 0 Å². The molecule has 0 fully saturated rings. The minimum atomic E-state index is -5.19. The van der Waals surface area contributed by atoms with Gasteiger partial charge in [0.15, 0.2) is 6.21 Å². The Labute approximate surface area is 144 Å². The van der Waals surface area contributed by atoms with Crippen LogP contribution < -0.4 is 5.11 Å². The Balaban J connectivity index is 0.000000381. The van der Waals surface area contributed by atoms with E-state index in [1.165, 1.54) is 11.3 Å². The molecule has 0 saturated carbocycles. The van der Waals surface area contributed by atoms with Crippen LogP contribution in [-0.4, -0.2) is 29.5 Å². The van der Waals surface area contributed by atoms with Gasteiger partial charge in [-0.05, 0) is 18.6 Å². The van der Waals surface area contributed by atoms with Crippen LogP contribution in [-0.2, 0) is 4.79 Å². The maximum atomic E-state index is 10.5. The summed E-state index contributed by atoms with van der Waals surface area (Å²) in [7, 11) is 0. The molecule has 25 heavy (non-hydrogen) atoms. The van der Waals surface area contributed by atoms with Gasteiger partial charge in [0.1, 0.15) is 12.5 Å². The molecule has 2 aromatic rings. The van der Waals surface area contributed by atoms with Crippen LogP contribution in [0.2, 0.25) is 0 Å². The molecule has 0 radical (unpaired) electrons. The summed E-state index contributed by atoms with van der Waals surface area (Å²) in [5.74, 6) is -3.01. The molecule has 0 bridgehead atoms. The average Bonchev–Trinajstić information content (AvgIpc) is 2.60. The van der Waals surface area contributed by atoms with E-state index >= 15 is 0 Å². The predicted octanol–water partition coefficient (Wildman–Crippen LogP) is 3.43. The summed E-state index contributed by atoms with van der Waals surface area (Å²) >= 11 is 0. The number of halogens is 3. The van der Waals surface area contributed by atoms with Crippen LogP contribution in [0.5, 0.6) is 0 Å². The highest BCUT2D eigenvalue weighted by molar-refractivity contribution is 5.75. The van der Waals surface area contributed by atoms with Crippen LogP contribution in [0.15, 0.2) is 66.7 Å². The molecule has 0 amide bonds. The molecule has 0 aromatic heterocycles. The van der Waals surface area contributed by atoms with Crippen molar-refractivity contribution in [2.75, 3.05) is 6.54 Å². The molecule has 0 heterocycles. The smallest absolute Gasteiger partial charge is 0.430 e. The topological polar surface area (TPSA) is 43.1 Å². The average molecular weight is 349 g/mol. The number of allylic oxidation sites excluding steroid dienone is 1. The van der Waals surface area contributed by atoms with E-state index in [0.717, 1.165) is 6.54 Å². The van der Waals surface area contributed by atoms with Crippen molar-refractivity contribution >= 4 is 23.9 Å². The van der Waals surface area contributed by atoms with Crippen molar-refractivity contribution in [3.8, 4) is 0 Å². The zero-order chi connectivity index (χ0) is 18.7. The monoisotopic (exact) mass is 349 g/mol. The normalized spacial score (nSPS) is 11.8. The summed E-state index contributed by atoms with van der Waals surface area (Å²) < 4.78 is 33.8. The number of benzene rings is 2. The number of carbonyl (C=O) groups excluding carboxylic acids is 1. The number of aliphatic carboxylic acids is 1. The zero-order valence-electron chi connectivity index (χ0n) is 13.6. The van der Waals surface area contributed by atoms with Gasteiger partial charge in [0.05, 0.1) is 0 Å². The van der Waals surface area contributed by atoms with Gasteiger partial charge in [0.2, 0.25) is 5.69 Å². The molecule has 2 rings (SSSR count). The quantitative estimate of drug-likeness (QED) is 0.627. The van der Waals surface area contributed by atoms with Crippen molar-refractivity contribution in [3.63, 3.8) is 0 Å². The van der Waals surface area contributed by atoms with Gasteiger partial charge >= 0.3 is 6.18 Å². The third kappa shape index (κ3) is 7.97. The van der Waals surface area contributed by atoms with Crippen molar-refractivity contribution in [2.24, 2.45) is 0 Å². The van der Waals surface area contributed by atoms with Crippen LogP contribution in [0, 0.1) is 0 Å². The van der Waals surface area contributed by atoms with E-state index in [1.807, 2.05) is 12.1 Å². The molecule has 0 aliphatic rings. The number of alkyl halides is 3. The Morgan fingerprint density at radius 2 is 1.52 bits per heavy atom. The largest absolute Gasteiger partial charge is 0.542 e. The van der Waals surface area contributed by atoms with Gasteiger partial charge < -0.3 is 9.90 Å². The number of nitrogens with zero attached hydrogens (tertiary/aromatic N) is 1. The molecule has 0 aliphatic heterocycles. The van der Waals surface area contributed by atoms with E-state index in [2.05, 4.69) is 78.4 Å². The van der Waals surface area contributed by atoms with Gasteiger partial charge in [-0.15, -0.1) is 0 Å². The van der Waals surface area contributed by atoms with Crippen LogP contribution in [0.1, 0.15) is 12.5 Å². The molecule has 0 saturated heterocycles. The predicted molar refractivity (Wildman–Crippen MR) is 89.5 cm³/mol. The Morgan fingerprint density at radius 1 is 1.04 bits per heavy atom. The fourth-order valence-electron chi connectivity index (χ4n) is 1.82. The fourth-order valence-corrected chi connectivity index (χ4v) is 1.82. The van der Waals surface area contributed by atoms with E-state index in [1.54, 1.807) is 0 Å². The third-order valence-corrected chi connectivity index (χ3v) is 3.01. The molecular weight excluding hydrogens is 331 g/mol. The SMILES string of the molecule is CC[N+](=CC=Cc1ccccc1)c1ccccc1.O=C([O-])C(F)(F)F. The van der Waals surface area contributed by atoms with E-state index in [4.69, 9.17) is 9.90 Å². The molecule has 2 aromatic carbocycles. The second kappa shape index (κ2) is 10.1. The summed E-state index contributed by atoms with van der Waals surface area (Å²) in [6.45, 7) is 3.11. The molecule has 0 atom stereocenters. The first-order valence-corrected chi connectivity index (χ1v) is 7.51. The van der Waals surface area contributed by atoms with E-state index < -0.39 is 12.1 Å². The minimum Gasteiger partial charge on any atom is -0.542 e. The maximum absolute atomic E-state index is 10.5. The standard InChI is InChI=1S/C17H18N.C2HF3O2/c1-2-18(17-13-7-4-8-14-17)15-9-12-16-10-5-3-6-11-16;3-2(4,5)1(6)7/h3-15H,2H2,1H3;(H,6,7)/q+1;/p-1. The Bertz CT molecular complexity index is 708.